The summed E-state index contributed by atoms with van der Waals surface area (Å²) < 4.78 is 1.63. The molecule has 0 aliphatic carbocycles. The minimum atomic E-state index is 0.0121. The number of rotatable bonds is 3. The highest BCUT2D eigenvalue weighted by Gasteiger charge is 1.97. The van der Waals surface area contributed by atoms with Crippen molar-refractivity contribution in [1.82, 2.24) is 4.68 Å². The van der Waals surface area contributed by atoms with Crippen LogP contribution < -0.4 is 5.43 Å². The van der Waals surface area contributed by atoms with Gasteiger partial charge in [-0.1, -0.05) is 15.9 Å². The molecular formula is C7H9BrN2O. The molecule has 0 atom stereocenters. The minimum absolute atomic E-state index is 0.0121. The fourth-order valence-electron chi connectivity index (χ4n) is 0.695. The molecule has 0 aliphatic heterocycles. The molecule has 0 fully saturated rings. The molecule has 0 aliphatic rings. The summed E-state index contributed by atoms with van der Waals surface area (Å²) in [6.45, 7) is 0. The molecule has 11 heavy (non-hydrogen) atoms. The predicted molar refractivity (Wildman–Crippen MR) is 47.2 cm³/mol. The third-order valence-electron chi connectivity index (χ3n) is 1.18. The first-order valence-corrected chi connectivity index (χ1v) is 4.44. The highest BCUT2D eigenvalue weighted by atomic mass is 79.9. The summed E-state index contributed by atoms with van der Waals surface area (Å²) in [5.74, 6) is 0.0121. The van der Waals surface area contributed by atoms with Crippen molar-refractivity contribution in [3.63, 3.8) is 0 Å². The molecule has 0 radical (unpaired) electrons. The topological polar surface area (TPSA) is 34.0 Å². The number of hydrogen-bond donors (Lipinski definition) is 1. The van der Waals surface area contributed by atoms with Gasteiger partial charge in [0, 0.05) is 24.1 Å². The van der Waals surface area contributed by atoms with Crippen LogP contribution in [0.4, 0.5) is 0 Å². The molecule has 0 spiro atoms. The molecule has 4 heteroatoms. The van der Waals surface area contributed by atoms with Crippen molar-refractivity contribution in [2.45, 2.75) is 6.42 Å². The molecular weight excluding hydrogens is 208 g/mol. The second-order valence-electron chi connectivity index (χ2n) is 2.06. The van der Waals surface area contributed by atoms with E-state index in [1.165, 1.54) is 0 Å². The van der Waals surface area contributed by atoms with Crippen molar-refractivity contribution >= 4 is 21.8 Å². The third kappa shape index (κ3) is 2.76. The molecule has 1 amide bonds. The Balaban J connectivity index is 2.37. The summed E-state index contributed by atoms with van der Waals surface area (Å²) in [4.78, 5) is 10.9. The Kier molecular flexibility index (Phi) is 3.16. The van der Waals surface area contributed by atoms with Gasteiger partial charge in [-0.25, -0.2) is 0 Å². The summed E-state index contributed by atoms with van der Waals surface area (Å²) in [6.07, 6.45) is 4.07. The lowest BCUT2D eigenvalue weighted by Crippen LogP contribution is -2.21. The zero-order valence-corrected chi connectivity index (χ0v) is 7.54. The van der Waals surface area contributed by atoms with Crippen LogP contribution in [-0.2, 0) is 4.79 Å². The maximum Gasteiger partial charge on any atom is 0.239 e. The summed E-state index contributed by atoms with van der Waals surface area (Å²) in [5, 5.41) is 0.695. The van der Waals surface area contributed by atoms with Gasteiger partial charge in [-0.2, -0.15) is 0 Å². The van der Waals surface area contributed by atoms with E-state index in [0.717, 1.165) is 0 Å². The number of halogens is 1. The monoisotopic (exact) mass is 216 g/mol. The highest BCUT2D eigenvalue weighted by Crippen LogP contribution is 1.90. The second kappa shape index (κ2) is 4.18. The largest absolute Gasteiger partial charge is 0.273 e. The van der Waals surface area contributed by atoms with Gasteiger partial charge in [0.2, 0.25) is 5.91 Å². The summed E-state index contributed by atoms with van der Waals surface area (Å²) in [6, 6.07) is 3.71. The predicted octanol–water partition coefficient (Wildman–Crippen LogP) is 1.34. The smallest absolute Gasteiger partial charge is 0.239 e. The number of carbonyl (C=O) groups is 1. The van der Waals surface area contributed by atoms with E-state index in [1.54, 1.807) is 17.1 Å². The van der Waals surface area contributed by atoms with Crippen molar-refractivity contribution < 1.29 is 4.79 Å². The number of amides is 1. The van der Waals surface area contributed by atoms with Crippen LogP contribution in [0.5, 0.6) is 0 Å². The van der Waals surface area contributed by atoms with Crippen LogP contribution in [0, 0.1) is 0 Å². The van der Waals surface area contributed by atoms with Gasteiger partial charge >= 0.3 is 0 Å². The highest BCUT2D eigenvalue weighted by molar-refractivity contribution is 9.09. The molecule has 60 valence electrons. The Hall–Kier alpha value is -0.770. The van der Waals surface area contributed by atoms with Gasteiger partial charge in [0.15, 0.2) is 0 Å². The second-order valence-corrected chi connectivity index (χ2v) is 2.86. The summed E-state index contributed by atoms with van der Waals surface area (Å²) >= 11 is 3.18. The summed E-state index contributed by atoms with van der Waals surface area (Å²) in [7, 11) is 0. The number of alkyl halides is 1. The van der Waals surface area contributed by atoms with Crippen molar-refractivity contribution in [2.75, 3.05) is 10.8 Å². The van der Waals surface area contributed by atoms with Gasteiger partial charge in [-0.15, -0.1) is 0 Å². The van der Waals surface area contributed by atoms with Crippen LogP contribution >= 0.6 is 15.9 Å². The van der Waals surface area contributed by atoms with E-state index in [2.05, 4.69) is 21.4 Å². The minimum Gasteiger partial charge on any atom is -0.273 e. The average molecular weight is 217 g/mol. The molecule has 1 aromatic rings. The van der Waals surface area contributed by atoms with Crippen molar-refractivity contribution in [1.29, 1.82) is 0 Å². The number of nitrogens with one attached hydrogen (secondary N) is 1. The van der Waals surface area contributed by atoms with E-state index < -0.39 is 0 Å². The first-order valence-electron chi connectivity index (χ1n) is 3.31. The van der Waals surface area contributed by atoms with Crippen molar-refractivity contribution in [2.24, 2.45) is 0 Å². The van der Waals surface area contributed by atoms with Gasteiger partial charge in [0.05, 0.1) is 0 Å². The molecule has 1 heterocycles. The van der Waals surface area contributed by atoms with Crippen molar-refractivity contribution in [3.8, 4) is 0 Å². The molecule has 1 N–H and O–H groups in total. The van der Waals surface area contributed by atoms with Crippen LogP contribution in [0.3, 0.4) is 0 Å². The van der Waals surface area contributed by atoms with E-state index in [9.17, 15) is 4.79 Å². The molecule has 0 bridgehead atoms. The first kappa shape index (κ1) is 8.33. The lowest BCUT2D eigenvalue weighted by molar-refractivity contribution is -0.116. The zero-order chi connectivity index (χ0) is 8.10. The van der Waals surface area contributed by atoms with Gasteiger partial charge in [0.25, 0.3) is 0 Å². The number of carbonyl (C=O) groups excluding carboxylic acids is 1. The number of hydrogen-bond acceptors (Lipinski definition) is 1. The third-order valence-corrected chi connectivity index (χ3v) is 1.58. The van der Waals surface area contributed by atoms with Crippen LogP contribution in [0.25, 0.3) is 0 Å². The van der Waals surface area contributed by atoms with Gasteiger partial charge in [-0.3, -0.25) is 14.9 Å². The first-order chi connectivity index (χ1) is 5.33. The fraction of sp³-hybridized carbons (Fsp3) is 0.286. The van der Waals surface area contributed by atoms with Crippen LogP contribution in [0.2, 0.25) is 0 Å². The summed E-state index contributed by atoms with van der Waals surface area (Å²) in [5.41, 5.74) is 2.67. The molecule has 0 unspecified atom stereocenters. The molecule has 0 saturated carbocycles. The Labute approximate surface area is 73.5 Å². The normalized spacial score (nSPS) is 9.55. The quantitative estimate of drug-likeness (QED) is 0.761. The fourth-order valence-corrected chi connectivity index (χ4v) is 1.05. The standard InChI is InChI=1S/C7H9BrN2O/c8-4-3-7(11)9-10-5-1-2-6-10/h1-2,5-6H,3-4H2,(H,9,11). The SMILES string of the molecule is O=C(CCBr)Nn1cccc1. The number of aromatic nitrogens is 1. The Bertz CT molecular complexity index is 220. The Morgan fingerprint density at radius 2 is 2.09 bits per heavy atom. The lowest BCUT2D eigenvalue weighted by atomic mass is 10.5. The Morgan fingerprint density at radius 3 is 2.64 bits per heavy atom. The molecule has 1 rings (SSSR count). The molecule has 0 aromatic carbocycles. The molecule has 1 aromatic heterocycles. The maximum absolute atomic E-state index is 10.9. The molecule has 3 nitrogen and oxygen atoms in total. The van der Waals surface area contributed by atoms with Gasteiger partial charge in [-0.05, 0) is 12.1 Å². The van der Waals surface area contributed by atoms with Gasteiger partial charge < -0.3 is 0 Å². The number of nitrogens with zero attached hydrogens (tertiary/aromatic N) is 1. The van der Waals surface area contributed by atoms with E-state index in [-0.39, 0.29) is 5.91 Å². The maximum atomic E-state index is 10.9. The van der Waals surface area contributed by atoms with Crippen LogP contribution in [-0.4, -0.2) is 15.9 Å². The van der Waals surface area contributed by atoms with E-state index in [0.29, 0.717) is 11.8 Å². The van der Waals surface area contributed by atoms with E-state index in [1.807, 2.05) is 12.1 Å². The van der Waals surface area contributed by atoms with E-state index in [4.69, 9.17) is 0 Å². The average Bonchev–Trinajstić information content (AvgIpc) is 2.40. The van der Waals surface area contributed by atoms with Gasteiger partial charge in [0.1, 0.15) is 0 Å². The van der Waals surface area contributed by atoms with Crippen molar-refractivity contribution in [3.05, 3.63) is 24.5 Å². The lowest BCUT2D eigenvalue weighted by Gasteiger charge is -2.03. The van der Waals surface area contributed by atoms with Crippen LogP contribution in [0.1, 0.15) is 6.42 Å². The van der Waals surface area contributed by atoms with E-state index >= 15 is 0 Å². The van der Waals surface area contributed by atoms with Crippen LogP contribution in [0.15, 0.2) is 24.5 Å². The zero-order valence-electron chi connectivity index (χ0n) is 5.96. The Morgan fingerprint density at radius 1 is 1.45 bits per heavy atom. The molecule has 0 saturated heterocycles.